The summed E-state index contributed by atoms with van der Waals surface area (Å²) < 4.78 is 10.6. The number of rotatable bonds is 8. The minimum Gasteiger partial charge on any atom is -0.497 e. The van der Waals surface area contributed by atoms with Gasteiger partial charge in [-0.1, -0.05) is 30.3 Å². The van der Waals surface area contributed by atoms with Gasteiger partial charge in [0.1, 0.15) is 11.5 Å². The predicted molar refractivity (Wildman–Crippen MR) is 90.6 cm³/mol. The number of hydrogen-bond acceptors (Lipinski definition) is 3. The standard InChI is InChI=1S/C19H25NO2/c1-15(8-9-16-10-12-18(21-2)13-11-16)20-14-17-6-4-5-7-19(17)22-3/h4-7,10-13,15,20H,8-9,14H2,1-3H3/t15-/m1/s1. The zero-order valence-corrected chi connectivity index (χ0v) is 13.6. The van der Waals surface area contributed by atoms with Gasteiger partial charge in [0.2, 0.25) is 0 Å². The highest BCUT2D eigenvalue weighted by atomic mass is 16.5. The average molecular weight is 299 g/mol. The summed E-state index contributed by atoms with van der Waals surface area (Å²) >= 11 is 0. The van der Waals surface area contributed by atoms with Crippen molar-refractivity contribution in [2.75, 3.05) is 14.2 Å². The van der Waals surface area contributed by atoms with Gasteiger partial charge in [-0.25, -0.2) is 0 Å². The molecule has 0 fully saturated rings. The van der Waals surface area contributed by atoms with E-state index in [1.807, 2.05) is 30.3 Å². The third kappa shape index (κ3) is 4.78. The van der Waals surface area contributed by atoms with Crippen LogP contribution in [-0.4, -0.2) is 20.3 Å². The molecule has 0 aliphatic rings. The molecule has 2 rings (SSSR count). The van der Waals surface area contributed by atoms with Crippen LogP contribution in [0.1, 0.15) is 24.5 Å². The van der Waals surface area contributed by atoms with E-state index in [-0.39, 0.29) is 0 Å². The molecule has 0 aromatic heterocycles. The molecule has 2 aromatic rings. The van der Waals surface area contributed by atoms with Crippen molar-refractivity contribution in [2.24, 2.45) is 0 Å². The highest BCUT2D eigenvalue weighted by Crippen LogP contribution is 2.17. The van der Waals surface area contributed by atoms with Gasteiger partial charge in [-0.05, 0) is 43.5 Å². The van der Waals surface area contributed by atoms with E-state index in [4.69, 9.17) is 9.47 Å². The Balaban J connectivity index is 1.78. The van der Waals surface area contributed by atoms with Crippen LogP contribution in [0.3, 0.4) is 0 Å². The zero-order valence-electron chi connectivity index (χ0n) is 13.6. The molecule has 2 aromatic carbocycles. The molecule has 118 valence electrons. The summed E-state index contributed by atoms with van der Waals surface area (Å²) in [5.41, 5.74) is 2.54. The first-order valence-corrected chi connectivity index (χ1v) is 7.71. The van der Waals surface area contributed by atoms with Crippen LogP contribution in [0.5, 0.6) is 11.5 Å². The summed E-state index contributed by atoms with van der Waals surface area (Å²) in [5, 5.41) is 3.56. The van der Waals surface area contributed by atoms with E-state index in [1.54, 1.807) is 14.2 Å². The first kappa shape index (κ1) is 16.4. The fourth-order valence-electron chi connectivity index (χ4n) is 2.41. The Labute approximate surface area is 133 Å². The molecule has 0 spiro atoms. The van der Waals surface area contributed by atoms with Gasteiger partial charge in [0.25, 0.3) is 0 Å². The Morgan fingerprint density at radius 1 is 0.955 bits per heavy atom. The normalized spacial score (nSPS) is 12.0. The van der Waals surface area contributed by atoms with Gasteiger partial charge in [0, 0.05) is 18.2 Å². The van der Waals surface area contributed by atoms with E-state index in [1.165, 1.54) is 11.1 Å². The van der Waals surface area contributed by atoms with Crippen LogP contribution in [0, 0.1) is 0 Å². The lowest BCUT2D eigenvalue weighted by Gasteiger charge is -2.15. The van der Waals surface area contributed by atoms with E-state index < -0.39 is 0 Å². The van der Waals surface area contributed by atoms with Crippen molar-refractivity contribution in [1.82, 2.24) is 5.32 Å². The Morgan fingerprint density at radius 3 is 2.36 bits per heavy atom. The van der Waals surface area contributed by atoms with Crippen molar-refractivity contribution >= 4 is 0 Å². The molecule has 0 unspecified atom stereocenters. The second-order valence-corrected chi connectivity index (χ2v) is 5.48. The van der Waals surface area contributed by atoms with E-state index in [9.17, 15) is 0 Å². The van der Waals surface area contributed by atoms with Crippen molar-refractivity contribution < 1.29 is 9.47 Å². The van der Waals surface area contributed by atoms with Gasteiger partial charge in [-0.15, -0.1) is 0 Å². The first-order valence-electron chi connectivity index (χ1n) is 7.71. The van der Waals surface area contributed by atoms with Crippen LogP contribution >= 0.6 is 0 Å². The highest BCUT2D eigenvalue weighted by molar-refractivity contribution is 5.33. The fourth-order valence-corrected chi connectivity index (χ4v) is 2.41. The second-order valence-electron chi connectivity index (χ2n) is 5.48. The Kier molecular flexibility index (Phi) is 6.28. The molecular formula is C19H25NO2. The van der Waals surface area contributed by atoms with Gasteiger partial charge in [0.15, 0.2) is 0 Å². The average Bonchev–Trinajstić information content (AvgIpc) is 2.58. The number of methoxy groups -OCH3 is 2. The molecule has 1 N–H and O–H groups in total. The number of para-hydroxylation sites is 1. The highest BCUT2D eigenvalue weighted by Gasteiger charge is 2.05. The summed E-state index contributed by atoms with van der Waals surface area (Å²) in [6.45, 7) is 3.05. The molecule has 3 heteroatoms. The van der Waals surface area contributed by atoms with Crippen LogP contribution in [0.2, 0.25) is 0 Å². The van der Waals surface area contributed by atoms with Crippen molar-refractivity contribution in [3.8, 4) is 11.5 Å². The Hall–Kier alpha value is -2.00. The van der Waals surface area contributed by atoms with Crippen LogP contribution in [0.4, 0.5) is 0 Å². The summed E-state index contributed by atoms with van der Waals surface area (Å²) in [4.78, 5) is 0. The molecule has 22 heavy (non-hydrogen) atoms. The SMILES string of the molecule is COc1ccc(CC[C@@H](C)NCc2ccccc2OC)cc1. The summed E-state index contributed by atoms with van der Waals surface area (Å²) in [6, 6.07) is 16.9. The molecule has 0 saturated heterocycles. The molecule has 1 atom stereocenters. The number of nitrogens with one attached hydrogen (secondary N) is 1. The molecule has 0 heterocycles. The van der Waals surface area contributed by atoms with E-state index in [0.29, 0.717) is 6.04 Å². The van der Waals surface area contributed by atoms with Gasteiger partial charge in [-0.2, -0.15) is 0 Å². The van der Waals surface area contributed by atoms with Gasteiger partial charge in [-0.3, -0.25) is 0 Å². The third-order valence-corrected chi connectivity index (χ3v) is 3.86. The molecule has 0 bridgehead atoms. The maximum Gasteiger partial charge on any atom is 0.123 e. The monoisotopic (exact) mass is 299 g/mol. The third-order valence-electron chi connectivity index (χ3n) is 3.86. The first-order chi connectivity index (χ1) is 10.7. The van der Waals surface area contributed by atoms with Crippen molar-refractivity contribution in [2.45, 2.75) is 32.4 Å². The minimum absolute atomic E-state index is 0.451. The maximum absolute atomic E-state index is 5.38. The van der Waals surface area contributed by atoms with Crippen molar-refractivity contribution in [3.05, 3.63) is 59.7 Å². The lowest BCUT2D eigenvalue weighted by atomic mass is 10.1. The van der Waals surface area contributed by atoms with E-state index >= 15 is 0 Å². The summed E-state index contributed by atoms with van der Waals surface area (Å²) in [5.74, 6) is 1.85. The lowest BCUT2D eigenvalue weighted by Crippen LogP contribution is -2.26. The van der Waals surface area contributed by atoms with E-state index in [0.717, 1.165) is 30.9 Å². The predicted octanol–water partition coefficient (Wildman–Crippen LogP) is 3.81. The zero-order chi connectivity index (χ0) is 15.8. The number of ether oxygens (including phenoxy) is 2. The molecule has 0 aliphatic carbocycles. The van der Waals surface area contributed by atoms with Crippen LogP contribution in [-0.2, 0) is 13.0 Å². The Morgan fingerprint density at radius 2 is 1.68 bits per heavy atom. The lowest BCUT2D eigenvalue weighted by molar-refractivity contribution is 0.404. The molecule has 0 radical (unpaired) electrons. The maximum atomic E-state index is 5.38. The van der Waals surface area contributed by atoms with Crippen molar-refractivity contribution in [3.63, 3.8) is 0 Å². The quantitative estimate of drug-likeness (QED) is 0.804. The minimum atomic E-state index is 0.451. The second kappa shape index (κ2) is 8.44. The van der Waals surface area contributed by atoms with Crippen LogP contribution < -0.4 is 14.8 Å². The van der Waals surface area contributed by atoms with Crippen molar-refractivity contribution in [1.29, 1.82) is 0 Å². The number of benzene rings is 2. The van der Waals surface area contributed by atoms with Gasteiger partial charge >= 0.3 is 0 Å². The smallest absolute Gasteiger partial charge is 0.123 e. The number of aryl methyl sites for hydroxylation is 1. The molecule has 0 saturated carbocycles. The molecule has 0 amide bonds. The molecule has 0 aliphatic heterocycles. The van der Waals surface area contributed by atoms with Crippen LogP contribution in [0.25, 0.3) is 0 Å². The number of hydrogen-bond donors (Lipinski definition) is 1. The van der Waals surface area contributed by atoms with Gasteiger partial charge < -0.3 is 14.8 Å². The fraction of sp³-hybridized carbons (Fsp3) is 0.368. The summed E-state index contributed by atoms with van der Waals surface area (Å²) in [6.07, 6.45) is 2.16. The molecular weight excluding hydrogens is 274 g/mol. The largest absolute Gasteiger partial charge is 0.497 e. The summed E-state index contributed by atoms with van der Waals surface area (Å²) in [7, 11) is 3.41. The van der Waals surface area contributed by atoms with Crippen LogP contribution in [0.15, 0.2) is 48.5 Å². The van der Waals surface area contributed by atoms with Gasteiger partial charge in [0.05, 0.1) is 14.2 Å². The Bertz CT molecular complexity index is 566. The molecule has 3 nitrogen and oxygen atoms in total. The van der Waals surface area contributed by atoms with E-state index in [2.05, 4.69) is 30.4 Å². The topological polar surface area (TPSA) is 30.5 Å².